The van der Waals surface area contributed by atoms with Crippen LogP contribution in [-0.4, -0.2) is 26.0 Å². The van der Waals surface area contributed by atoms with Crippen molar-refractivity contribution in [2.45, 2.75) is 26.3 Å². The number of anilines is 1. The minimum atomic E-state index is -0.696. The summed E-state index contributed by atoms with van der Waals surface area (Å²) < 4.78 is 10.4. The Labute approximate surface area is 153 Å². The summed E-state index contributed by atoms with van der Waals surface area (Å²) in [5.41, 5.74) is 2.42. The Hall–Kier alpha value is -3.02. The molecular formula is C20H24N2O4. The van der Waals surface area contributed by atoms with E-state index >= 15 is 0 Å². The minimum Gasteiger partial charge on any atom is -0.493 e. The van der Waals surface area contributed by atoms with Crippen molar-refractivity contribution < 1.29 is 19.1 Å². The molecule has 0 spiro atoms. The van der Waals surface area contributed by atoms with E-state index in [2.05, 4.69) is 10.6 Å². The van der Waals surface area contributed by atoms with Gasteiger partial charge < -0.3 is 20.1 Å². The molecule has 0 bridgehead atoms. The van der Waals surface area contributed by atoms with Crippen LogP contribution >= 0.6 is 0 Å². The van der Waals surface area contributed by atoms with Crippen molar-refractivity contribution >= 4 is 17.5 Å². The van der Waals surface area contributed by atoms with Gasteiger partial charge in [0.25, 0.3) is 0 Å². The molecule has 0 saturated heterocycles. The number of hydrogen-bond donors (Lipinski definition) is 2. The number of amides is 2. The molecular weight excluding hydrogens is 332 g/mol. The highest BCUT2D eigenvalue weighted by molar-refractivity contribution is 6.39. The average Bonchev–Trinajstić information content (AvgIpc) is 2.65. The van der Waals surface area contributed by atoms with Crippen LogP contribution in [0.25, 0.3) is 0 Å². The predicted octanol–water partition coefficient (Wildman–Crippen LogP) is 3.08. The summed E-state index contributed by atoms with van der Waals surface area (Å²) in [6.07, 6.45) is 0. The van der Waals surface area contributed by atoms with Crippen molar-refractivity contribution in [2.75, 3.05) is 19.5 Å². The molecule has 0 radical (unpaired) electrons. The third-order valence-electron chi connectivity index (χ3n) is 3.94. The lowest BCUT2D eigenvalue weighted by molar-refractivity contribution is -0.136. The van der Waals surface area contributed by atoms with Crippen molar-refractivity contribution in [3.05, 3.63) is 53.6 Å². The van der Waals surface area contributed by atoms with Crippen LogP contribution in [0.4, 0.5) is 5.69 Å². The molecule has 138 valence electrons. The summed E-state index contributed by atoms with van der Waals surface area (Å²) in [5, 5.41) is 5.28. The van der Waals surface area contributed by atoms with Crippen LogP contribution < -0.4 is 20.1 Å². The quantitative estimate of drug-likeness (QED) is 0.780. The number of benzene rings is 2. The van der Waals surface area contributed by atoms with E-state index in [9.17, 15) is 9.59 Å². The van der Waals surface area contributed by atoms with E-state index < -0.39 is 11.8 Å². The molecule has 2 N–H and O–H groups in total. The molecule has 26 heavy (non-hydrogen) atoms. The number of para-hydroxylation sites is 1. The van der Waals surface area contributed by atoms with E-state index in [1.165, 1.54) is 0 Å². The molecule has 2 amide bonds. The van der Waals surface area contributed by atoms with Gasteiger partial charge in [0.1, 0.15) is 0 Å². The summed E-state index contributed by atoms with van der Waals surface area (Å²) >= 11 is 0. The SMILES string of the molecule is COc1ccc(CNC(=O)C(=O)Nc2ccccc2C(C)C)cc1OC. The monoisotopic (exact) mass is 356 g/mol. The van der Waals surface area contributed by atoms with Gasteiger partial charge in [0.2, 0.25) is 0 Å². The highest BCUT2D eigenvalue weighted by Gasteiger charge is 2.16. The third-order valence-corrected chi connectivity index (χ3v) is 3.94. The maximum atomic E-state index is 12.2. The van der Waals surface area contributed by atoms with Crippen molar-refractivity contribution in [1.82, 2.24) is 5.32 Å². The van der Waals surface area contributed by atoms with Gasteiger partial charge in [-0.3, -0.25) is 9.59 Å². The highest BCUT2D eigenvalue weighted by atomic mass is 16.5. The van der Waals surface area contributed by atoms with Crippen LogP contribution in [0.5, 0.6) is 11.5 Å². The smallest absolute Gasteiger partial charge is 0.313 e. The molecule has 0 aromatic heterocycles. The summed E-state index contributed by atoms with van der Waals surface area (Å²) in [5.74, 6) is 0.0124. The highest BCUT2D eigenvalue weighted by Crippen LogP contribution is 2.27. The van der Waals surface area contributed by atoms with Crippen molar-refractivity contribution in [3.8, 4) is 11.5 Å². The van der Waals surface area contributed by atoms with Crippen LogP contribution in [0.1, 0.15) is 30.9 Å². The lowest BCUT2D eigenvalue weighted by Gasteiger charge is -2.13. The second-order valence-corrected chi connectivity index (χ2v) is 6.07. The van der Waals surface area contributed by atoms with E-state index in [0.717, 1.165) is 11.1 Å². The fraction of sp³-hybridized carbons (Fsp3) is 0.300. The Kier molecular flexibility index (Phi) is 6.60. The number of rotatable bonds is 6. The first-order valence-corrected chi connectivity index (χ1v) is 8.35. The van der Waals surface area contributed by atoms with Gasteiger partial charge in [-0.2, -0.15) is 0 Å². The van der Waals surface area contributed by atoms with Gasteiger partial charge in [-0.15, -0.1) is 0 Å². The van der Waals surface area contributed by atoms with Crippen LogP contribution in [-0.2, 0) is 16.1 Å². The molecule has 0 heterocycles. The van der Waals surface area contributed by atoms with Gasteiger partial charge >= 0.3 is 11.8 Å². The molecule has 0 unspecified atom stereocenters. The largest absolute Gasteiger partial charge is 0.493 e. The van der Waals surface area contributed by atoms with E-state index in [4.69, 9.17) is 9.47 Å². The normalized spacial score (nSPS) is 10.3. The number of methoxy groups -OCH3 is 2. The lowest BCUT2D eigenvalue weighted by Crippen LogP contribution is -2.35. The summed E-state index contributed by atoms with van der Waals surface area (Å²) in [6.45, 7) is 4.27. The molecule has 0 aliphatic heterocycles. The van der Waals surface area contributed by atoms with E-state index in [0.29, 0.717) is 17.2 Å². The fourth-order valence-corrected chi connectivity index (χ4v) is 2.55. The lowest BCUT2D eigenvalue weighted by atomic mass is 10.0. The van der Waals surface area contributed by atoms with Crippen LogP contribution in [0.3, 0.4) is 0 Å². The number of carbonyl (C=O) groups is 2. The van der Waals surface area contributed by atoms with Crippen LogP contribution in [0.2, 0.25) is 0 Å². The molecule has 2 aromatic carbocycles. The zero-order chi connectivity index (χ0) is 19.1. The van der Waals surface area contributed by atoms with Crippen molar-refractivity contribution in [3.63, 3.8) is 0 Å². The van der Waals surface area contributed by atoms with E-state index in [-0.39, 0.29) is 12.5 Å². The standard InChI is InChI=1S/C20H24N2O4/c1-13(2)15-7-5-6-8-16(15)22-20(24)19(23)21-12-14-9-10-17(25-3)18(11-14)26-4/h5-11,13H,12H2,1-4H3,(H,21,23)(H,22,24). The number of hydrogen-bond acceptors (Lipinski definition) is 4. The van der Waals surface area contributed by atoms with Gasteiger partial charge in [-0.1, -0.05) is 38.1 Å². The van der Waals surface area contributed by atoms with Crippen molar-refractivity contribution in [2.24, 2.45) is 0 Å². The molecule has 6 heteroatoms. The van der Waals surface area contributed by atoms with E-state index in [1.807, 2.05) is 32.0 Å². The van der Waals surface area contributed by atoms with Crippen LogP contribution in [0.15, 0.2) is 42.5 Å². The number of nitrogens with one attached hydrogen (secondary N) is 2. The first-order valence-electron chi connectivity index (χ1n) is 8.35. The average molecular weight is 356 g/mol. The van der Waals surface area contributed by atoms with Gasteiger partial charge in [0, 0.05) is 12.2 Å². The zero-order valence-electron chi connectivity index (χ0n) is 15.5. The first-order chi connectivity index (χ1) is 12.5. The van der Waals surface area contributed by atoms with Crippen LogP contribution in [0, 0.1) is 0 Å². The van der Waals surface area contributed by atoms with Crippen molar-refractivity contribution in [1.29, 1.82) is 0 Å². The molecule has 0 fully saturated rings. The summed E-state index contributed by atoms with van der Waals surface area (Å²) in [6, 6.07) is 12.7. The van der Waals surface area contributed by atoms with E-state index in [1.54, 1.807) is 38.5 Å². The second-order valence-electron chi connectivity index (χ2n) is 6.07. The molecule has 2 rings (SSSR count). The molecule has 0 aliphatic carbocycles. The zero-order valence-corrected chi connectivity index (χ0v) is 15.5. The Morgan fingerprint density at radius 1 is 0.962 bits per heavy atom. The van der Waals surface area contributed by atoms with Gasteiger partial charge in [-0.05, 0) is 35.2 Å². The third kappa shape index (κ3) is 4.75. The molecule has 0 atom stereocenters. The Morgan fingerprint density at radius 3 is 2.31 bits per heavy atom. The van der Waals surface area contributed by atoms with Gasteiger partial charge in [0.05, 0.1) is 14.2 Å². The predicted molar refractivity (Wildman–Crippen MR) is 101 cm³/mol. The minimum absolute atomic E-state index is 0.207. The fourth-order valence-electron chi connectivity index (χ4n) is 2.55. The molecule has 6 nitrogen and oxygen atoms in total. The molecule has 0 saturated carbocycles. The maximum absolute atomic E-state index is 12.2. The van der Waals surface area contributed by atoms with Gasteiger partial charge in [0.15, 0.2) is 11.5 Å². The second kappa shape index (κ2) is 8.89. The maximum Gasteiger partial charge on any atom is 0.313 e. The molecule has 0 aliphatic rings. The Morgan fingerprint density at radius 2 is 1.65 bits per heavy atom. The summed E-state index contributed by atoms with van der Waals surface area (Å²) in [4.78, 5) is 24.3. The topological polar surface area (TPSA) is 76.7 Å². The summed E-state index contributed by atoms with van der Waals surface area (Å²) in [7, 11) is 3.10. The van der Waals surface area contributed by atoms with Gasteiger partial charge in [-0.25, -0.2) is 0 Å². The Balaban J connectivity index is 1.99. The number of ether oxygens (including phenoxy) is 2. The number of carbonyl (C=O) groups excluding carboxylic acids is 2. The molecule has 2 aromatic rings. The first kappa shape index (κ1) is 19.3. The Bertz CT molecular complexity index is 787.